The number of fused-ring (bicyclic) bond motifs is 1. The van der Waals surface area contributed by atoms with E-state index in [4.69, 9.17) is 0 Å². The van der Waals surface area contributed by atoms with Crippen LogP contribution >= 0.6 is 0 Å². The van der Waals surface area contributed by atoms with Crippen LogP contribution in [0.2, 0.25) is 0 Å². The van der Waals surface area contributed by atoms with Gasteiger partial charge in [0.15, 0.2) is 0 Å². The zero-order valence-corrected chi connectivity index (χ0v) is 12.8. The summed E-state index contributed by atoms with van der Waals surface area (Å²) in [6.07, 6.45) is 8.04. The van der Waals surface area contributed by atoms with Gasteiger partial charge in [-0.25, -0.2) is 9.07 Å². The summed E-state index contributed by atoms with van der Waals surface area (Å²) in [6, 6.07) is 6.30. The Hall–Kier alpha value is -3.09. The number of anilines is 1. The number of aromatic nitrogens is 4. The summed E-state index contributed by atoms with van der Waals surface area (Å²) in [5.74, 6) is -0.543. The number of hydrogen-bond donors (Lipinski definition) is 0. The van der Waals surface area contributed by atoms with Gasteiger partial charge in [0.25, 0.3) is 5.91 Å². The number of benzene rings is 1. The van der Waals surface area contributed by atoms with Crippen LogP contribution in [0.15, 0.2) is 49.1 Å². The van der Waals surface area contributed by atoms with Gasteiger partial charge >= 0.3 is 0 Å². The van der Waals surface area contributed by atoms with E-state index in [1.807, 2.05) is 0 Å². The second-order valence-corrected chi connectivity index (χ2v) is 5.61. The van der Waals surface area contributed by atoms with E-state index in [2.05, 4.69) is 15.3 Å². The number of rotatable bonds is 2. The second kappa shape index (κ2) is 5.84. The highest BCUT2D eigenvalue weighted by molar-refractivity contribution is 6.06. The zero-order chi connectivity index (χ0) is 16.5. The fraction of sp³-hybridized carbons (Fsp3) is 0.176. The van der Waals surface area contributed by atoms with Crippen LogP contribution in [0.4, 0.5) is 10.1 Å². The van der Waals surface area contributed by atoms with Gasteiger partial charge in [-0.15, -0.1) is 5.10 Å². The Morgan fingerprint density at radius 2 is 2.12 bits per heavy atom. The molecule has 3 aromatic rings. The first-order chi connectivity index (χ1) is 11.7. The average molecular weight is 323 g/mol. The minimum absolute atomic E-state index is 0.198. The van der Waals surface area contributed by atoms with Crippen LogP contribution in [0.1, 0.15) is 22.3 Å². The molecule has 3 heterocycles. The molecule has 1 aliphatic rings. The lowest BCUT2D eigenvalue weighted by molar-refractivity contribution is 0.0984. The number of nitrogens with zero attached hydrogens (tertiary/aromatic N) is 5. The standard InChI is InChI=1S/C17H14FN5O/c18-14-4-3-12-2-1-6-22(16(12)9-14)17(24)13-8-15(11-19-10-13)23-7-5-20-21-23/h3-5,7-11H,1-2,6H2. The third-order valence-corrected chi connectivity index (χ3v) is 4.07. The van der Waals surface area contributed by atoms with Crippen molar-refractivity contribution in [3.63, 3.8) is 0 Å². The van der Waals surface area contributed by atoms with E-state index in [1.165, 1.54) is 23.0 Å². The highest BCUT2D eigenvalue weighted by Gasteiger charge is 2.24. The highest BCUT2D eigenvalue weighted by atomic mass is 19.1. The maximum Gasteiger partial charge on any atom is 0.259 e. The van der Waals surface area contributed by atoms with E-state index >= 15 is 0 Å². The molecule has 6 nitrogen and oxygen atoms in total. The van der Waals surface area contributed by atoms with E-state index in [0.717, 1.165) is 18.4 Å². The summed E-state index contributed by atoms with van der Waals surface area (Å²) in [6.45, 7) is 0.558. The fourth-order valence-corrected chi connectivity index (χ4v) is 2.93. The van der Waals surface area contributed by atoms with E-state index in [-0.39, 0.29) is 11.7 Å². The molecule has 0 atom stereocenters. The van der Waals surface area contributed by atoms with Crippen LogP contribution in [-0.4, -0.2) is 32.4 Å². The Balaban J connectivity index is 1.71. The highest BCUT2D eigenvalue weighted by Crippen LogP contribution is 2.29. The van der Waals surface area contributed by atoms with Gasteiger partial charge in [-0.2, -0.15) is 0 Å². The Bertz CT molecular complexity index is 894. The predicted molar refractivity (Wildman–Crippen MR) is 85.6 cm³/mol. The topological polar surface area (TPSA) is 63.9 Å². The van der Waals surface area contributed by atoms with Gasteiger partial charge < -0.3 is 4.90 Å². The number of carbonyl (C=O) groups is 1. The minimum Gasteiger partial charge on any atom is -0.308 e. The Morgan fingerprint density at radius 3 is 2.96 bits per heavy atom. The van der Waals surface area contributed by atoms with Crippen molar-refractivity contribution >= 4 is 11.6 Å². The van der Waals surface area contributed by atoms with Gasteiger partial charge in [-0.3, -0.25) is 9.78 Å². The Kier molecular flexibility index (Phi) is 3.53. The molecule has 1 amide bonds. The second-order valence-electron chi connectivity index (χ2n) is 5.61. The smallest absolute Gasteiger partial charge is 0.259 e. The van der Waals surface area contributed by atoms with Crippen LogP contribution in [0, 0.1) is 5.82 Å². The lowest BCUT2D eigenvalue weighted by atomic mass is 10.0. The molecule has 1 aliphatic heterocycles. The summed E-state index contributed by atoms with van der Waals surface area (Å²) in [7, 11) is 0. The predicted octanol–water partition coefficient (Wildman–Crippen LogP) is 2.39. The molecule has 1 aromatic carbocycles. The lowest BCUT2D eigenvalue weighted by Crippen LogP contribution is -2.35. The Labute approximate surface area is 137 Å². The maximum atomic E-state index is 13.6. The molecule has 4 rings (SSSR count). The summed E-state index contributed by atoms with van der Waals surface area (Å²) < 4.78 is 15.2. The fourth-order valence-electron chi connectivity index (χ4n) is 2.93. The quantitative estimate of drug-likeness (QED) is 0.726. The van der Waals surface area contributed by atoms with Crippen LogP contribution < -0.4 is 4.90 Å². The molecular formula is C17H14FN5O. The molecule has 0 radical (unpaired) electrons. The molecule has 24 heavy (non-hydrogen) atoms. The van der Waals surface area contributed by atoms with Gasteiger partial charge in [0.2, 0.25) is 0 Å². The maximum absolute atomic E-state index is 13.6. The normalized spacial score (nSPS) is 13.6. The number of carbonyl (C=O) groups excluding carboxylic acids is 1. The number of pyridine rings is 1. The van der Waals surface area contributed by atoms with Crippen molar-refractivity contribution in [1.82, 2.24) is 20.0 Å². The van der Waals surface area contributed by atoms with Crippen molar-refractivity contribution in [1.29, 1.82) is 0 Å². The van der Waals surface area contributed by atoms with Gasteiger partial charge in [0, 0.05) is 12.7 Å². The molecule has 0 N–H and O–H groups in total. The largest absolute Gasteiger partial charge is 0.308 e. The first kappa shape index (κ1) is 14.5. The first-order valence-corrected chi connectivity index (χ1v) is 7.64. The van der Waals surface area contributed by atoms with Gasteiger partial charge in [0.05, 0.1) is 35.5 Å². The van der Waals surface area contributed by atoms with Crippen molar-refractivity contribution in [2.24, 2.45) is 0 Å². The molecule has 0 saturated heterocycles. The Morgan fingerprint density at radius 1 is 1.21 bits per heavy atom. The molecule has 0 aliphatic carbocycles. The van der Waals surface area contributed by atoms with Crippen LogP contribution in [0.3, 0.4) is 0 Å². The third-order valence-electron chi connectivity index (χ3n) is 4.07. The van der Waals surface area contributed by atoms with Gasteiger partial charge in [0.1, 0.15) is 5.82 Å². The molecule has 0 saturated carbocycles. The molecule has 0 fully saturated rings. The van der Waals surface area contributed by atoms with E-state index in [9.17, 15) is 9.18 Å². The van der Waals surface area contributed by atoms with E-state index < -0.39 is 0 Å². The number of amides is 1. The van der Waals surface area contributed by atoms with Crippen LogP contribution in [0.25, 0.3) is 5.69 Å². The van der Waals surface area contributed by atoms with Crippen molar-refractivity contribution in [2.75, 3.05) is 11.4 Å². The summed E-state index contributed by atoms with van der Waals surface area (Å²) >= 11 is 0. The lowest BCUT2D eigenvalue weighted by Gasteiger charge is -2.29. The van der Waals surface area contributed by atoms with Gasteiger partial charge in [-0.05, 0) is 36.6 Å². The molecule has 7 heteroatoms. The van der Waals surface area contributed by atoms with Crippen LogP contribution in [-0.2, 0) is 6.42 Å². The molecule has 120 valence electrons. The van der Waals surface area contributed by atoms with Gasteiger partial charge in [-0.1, -0.05) is 11.3 Å². The van der Waals surface area contributed by atoms with E-state index in [0.29, 0.717) is 23.5 Å². The molecule has 0 spiro atoms. The minimum atomic E-state index is -0.344. The molecule has 2 aromatic heterocycles. The van der Waals surface area contributed by atoms with Crippen molar-refractivity contribution in [2.45, 2.75) is 12.8 Å². The van der Waals surface area contributed by atoms with Crippen molar-refractivity contribution in [3.8, 4) is 5.69 Å². The molecule has 0 unspecified atom stereocenters. The number of hydrogen-bond acceptors (Lipinski definition) is 4. The van der Waals surface area contributed by atoms with Crippen molar-refractivity contribution in [3.05, 3.63) is 66.0 Å². The summed E-state index contributed by atoms with van der Waals surface area (Å²) in [4.78, 5) is 18.6. The van der Waals surface area contributed by atoms with E-state index in [1.54, 1.807) is 35.6 Å². The first-order valence-electron chi connectivity index (χ1n) is 7.64. The third kappa shape index (κ3) is 2.54. The average Bonchev–Trinajstić information content (AvgIpc) is 3.15. The summed E-state index contributed by atoms with van der Waals surface area (Å²) in [5.41, 5.74) is 2.70. The SMILES string of the molecule is O=C(c1cncc(-n2ccnn2)c1)N1CCCc2ccc(F)cc21. The number of aryl methyl sites for hydroxylation is 1. The zero-order valence-electron chi connectivity index (χ0n) is 12.8. The summed E-state index contributed by atoms with van der Waals surface area (Å²) in [5, 5.41) is 7.65. The van der Waals surface area contributed by atoms with Crippen molar-refractivity contribution < 1.29 is 9.18 Å². The molecular weight excluding hydrogens is 309 g/mol. The number of halogens is 1. The monoisotopic (exact) mass is 323 g/mol. The van der Waals surface area contributed by atoms with Crippen LogP contribution in [0.5, 0.6) is 0 Å². The molecule has 0 bridgehead atoms.